The summed E-state index contributed by atoms with van der Waals surface area (Å²) in [4.78, 5) is 19.4. The van der Waals surface area contributed by atoms with Crippen molar-refractivity contribution in [3.63, 3.8) is 0 Å². The van der Waals surface area contributed by atoms with Crippen molar-refractivity contribution in [3.8, 4) is 23.1 Å². The second-order valence-corrected chi connectivity index (χ2v) is 10.2. The van der Waals surface area contributed by atoms with Crippen LogP contribution in [0.25, 0.3) is 22.0 Å². The Labute approximate surface area is 227 Å². The molecule has 4 N–H and O–H groups in total. The van der Waals surface area contributed by atoms with Crippen LogP contribution in [0.15, 0.2) is 29.2 Å². The van der Waals surface area contributed by atoms with E-state index in [-0.39, 0.29) is 35.3 Å². The Kier molecular flexibility index (Phi) is 4.82. The molecule has 6 rings (SSSR count). The summed E-state index contributed by atoms with van der Waals surface area (Å²) in [5.74, 6) is -0.480. The van der Waals surface area contributed by atoms with Crippen LogP contribution in [-0.2, 0) is 13.6 Å². The molecule has 39 heavy (non-hydrogen) atoms. The monoisotopic (exact) mass is 532 g/mol. The van der Waals surface area contributed by atoms with Gasteiger partial charge < -0.3 is 20.7 Å². The molecule has 1 aliphatic heterocycles. The first-order valence-electron chi connectivity index (χ1n) is 14.0. The van der Waals surface area contributed by atoms with Crippen LogP contribution < -0.4 is 26.2 Å². The highest BCUT2D eigenvalue weighted by Gasteiger charge is 2.62. The zero-order valence-corrected chi connectivity index (χ0v) is 21.5. The first-order chi connectivity index (χ1) is 19.9. The molecule has 0 amide bonds. The molecule has 11 nitrogen and oxygen atoms in total. The number of halogens is 1. The largest absolute Gasteiger partial charge is 0.481 e. The van der Waals surface area contributed by atoms with E-state index in [1.165, 1.54) is 12.1 Å². The Morgan fingerprint density at radius 1 is 1.44 bits per heavy atom. The fourth-order valence-corrected chi connectivity index (χ4v) is 5.65. The van der Waals surface area contributed by atoms with E-state index in [4.69, 9.17) is 14.6 Å². The Balaban J connectivity index is 1.49. The Hall–Kier alpha value is -4.50. The van der Waals surface area contributed by atoms with E-state index in [2.05, 4.69) is 31.7 Å². The normalized spacial score (nSPS) is 21.2. The van der Waals surface area contributed by atoms with Gasteiger partial charge in [-0.2, -0.15) is 15.5 Å². The van der Waals surface area contributed by atoms with Crippen LogP contribution in [0.2, 0.25) is 0 Å². The van der Waals surface area contributed by atoms with E-state index in [1.54, 1.807) is 24.0 Å². The van der Waals surface area contributed by atoms with Gasteiger partial charge >= 0.3 is 0 Å². The molecule has 12 heteroatoms. The number of aromatic nitrogens is 5. The molecule has 2 unspecified atom stereocenters. The van der Waals surface area contributed by atoms with E-state index in [0.717, 1.165) is 5.69 Å². The summed E-state index contributed by atoms with van der Waals surface area (Å²) in [5.41, 5.74) is 7.37. The zero-order chi connectivity index (χ0) is 30.1. The fraction of sp³-hybridized carbons (Fsp3) is 0.370. The Morgan fingerprint density at radius 2 is 2.26 bits per heavy atom. The average Bonchev–Trinajstić information content (AvgIpc) is 3.45. The van der Waals surface area contributed by atoms with Gasteiger partial charge in [0.1, 0.15) is 23.3 Å². The van der Waals surface area contributed by atoms with Crippen molar-refractivity contribution in [3.05, 3.63) is 57.5 Å². The van der Waals surface area contributed by atoms with E-state index in [9.17, 15) is 14.4 Å². The molecule has 2 atom stereocenters. The standard InChI is InChI=1S/C27H28FN9O2/c1-13(2)37-12-27(39-24-14(9-29)5-15(28)6-21(24)37)8-18(27)23-17(11-32-36(23)4)19-7-16-20(10-30)34-35-26(38)22(16)25(31-3)33-19/h5-7,11,13,18H,8,10,12,30H2,1-4H3,(H,31,33)(H,35,38)/i3D3. The summed E-state index contributed by atoms with van der Waals surface area (Å²) >= 11 is 0. The molecule has 200 valence electrons. The number of fused-ring (bicyclic) bond motifs is 2. The van der Waals surface area contributed by atoms with Gasteiger partial charge in [-0.05, 0) is 26.0 Å². The van der Waals surface area contributed by atoms with Crippen LogP contribution >= 0.6 is 0 Å². The lowest BCUT2D eigenvalue weighted by molar-refractivity contribution is 0.159. The second-order valence-electron chi connectivity index (χ2n) is 10.2. The molecule has 0 saturated heterocycles. The number of hydrogen-bond acceptors (Lipinski definition) is 9. The van der Waals surface area contributed by atoms with Gasteiger partial charge in [-0.3, -0.25) is 9.48 Å². The highest BCUT2D eigenvalue weighted by atomic mass is 19.1. The third kappa shape index (κ3) is 3.72. The van der Waals surface area contributed by atoms with Crippen LogP contribution in [0, 0.1) is 17.1 Å². The fourth-order valence-electron chi connectivity index (χ4n) is 5.65. The minimum Gasteiger partial charge on any atom is -0.481 e. The van der Waals surface area contributed by atoms with Crippen LogP contribution in [-0.4, -0.2) is 50.1 Å². The van der Waals surface area contributed by atoms with Crippen LogP contribution in [0.5, 0.6) is 5.75 Å². The Morgan fingerprint density at radius 3 is 2.97 bits per heavy atom. The molecule has 4 aromatic rings. The summed E-state index contributed by atoms with van der Waals surface area (Å²) in [7, 11) is 1.79. The molecule has 2 aliphatic rings. The molecule has 1 spiro atoms. The third-order valence-electron chi connectivity index (χ3n) is 7.61. The number of nitrogens with zero attached hydrogens (tertiary/aromatic N) is 6. The number of nitrogens with one attached hydrogen (secondary N) is 2. The number of aromatic amines is 1. The van der Waals surface area contributed by atoms with Crippen molar-refractivity contribution < 1.29 is 13.2 Å². The zero-order valence-electron chi connectivity index (χ0n) is 24.5. The van der Waals surface area contributed by atoms with Crippen LogP contribution in [0.4, 0.5) is 15.9 Å². The van der Waals surface area contributed by atoms with Gasteiger partial charge in [-0.25, -0.2) is 14.5 Å². The van der Waals surface area contributed by atoms with Gasteiger partial charge in [0.25, 0.3) is 5.56 Å². The maximum atomic E-state index is 14.4. The molecule has 4 heterocycles. The van der Waals surface area contributed by atoms with E-state index >= 15 is 0 Å². The van der Waals surface area contributed by atoms with Gasteiger partial charge in [0.15, 0.2) is 5.75 Å². The van der Waals surface area contributed by atoms with Crippen LogP contribution in [0.1, 0.15) is 47.2 Å². The molecule has 0 bridgehead atoms. The maximum Gasteiger partial charge on any atom is 0.275 e. The molecule has 0 radical (unpaired) electrons. The van der Waals surface area contributed by atoms with E-state index in [0.29, 0.717) is 46.7 Å². The van der Waals surface area contributed by atoms with Gasteiger partial charge in [0.05, 0.1) is 46.5 Å². The quantitative estimate of drug-likeness (QED) is 0.352. The molecular formula is C27H28FN9O2. The molecular weight excluding hydrogens is 501 g/mol. The Bertz CT molecular complexity index is 1850. The van der Waals surface area contributed by atoms with Crippen molar-refractivity contribution in [2.75, 3.05) is 23.7 Å². The topological polar surface area (TPSA) is 151 Å². The van der Waals surface area contributed by atoms with Gasteiger partial charge in [0.2, 0.25) is 0 Å². The lowest BCUT2D eigenvalue weighted by Gasteiger charge is -2.40. The highest BCUT2D eigenvalue weighted by Crippen LogP contribution is 2.60. The highest BCUT2D eigenvalue weighted by molar-refractivity contribution is 5.95. The minimum atomic E-state index is -2.63. The molecule has 1 aliphatic carbocycles. The summed E-state index contributed by atoms with van der Waals surface area (Å²) in [6.07, 6.45) is 2.22. The van der Waals surface area contributed by atoms with E-state index in [1.807, 2.05) is 18.7 Å². The van der Waals surface area contributed by atoms with Crippen molar-refractivity contribution in [1.29, 1.82) is 5.26 Å². The number of rotatable bonds is 5. The predicted octanol–water partition coefficient (Wildman–Crippen LogP) is 2.76. The SMILES string of the molecule is [2H]C([2H])([2H])Nc1nc(-c2cnn(C)c2C2CC23CN(C(C)C)c2cc(F)cc(C#N)c2O3)cc2c(CN)n[nH]c(=O)c12. The number of H-pyrrole nitrogens is 1. The molecule has 1 saturated carbocycles. The molecule has 1 aromatic carbocycles. The lowest BCUT2D eigenvalue weighted by atomic mass is 10.0. The number of hydrogen-bond donors (Lipinski definition) is 3. The smallest absolute Gasteiger partial charge is 0.275 e. The lowest BCUT2D eigenvalue weighted by Crippen LogP contribution is -2.46. The van der Waals surface area contributed by atoms with Crippen molar-refractivity contribution in [2.24, 2.45) is 12.8 Å². The number of anilines is 2. The summed E-state index contributed by atoms with van der Waals surface area (Å²) in [6, 6.07) is 6.28. The van der Waals surface area contributed by atoms with Crippen LogP contribution in [0.3, 0.4) is 0 Å². The van der Waals surface area contributed by atoms with Gasteiger partial charge in [-0.1, -0.05) is 0 Å². The second kappa shape index (κ2) is 8.78. The number of aryl methyl sites for hydroxylation is 1. The summed E-state index contributed by atoms with van der Waals surface area (Å²) in [6.45, 7) is 1.81. The number of nitriles is 1. The third-order valence-corrected chi connectivity index (χ3v) is 7.61. The number of ether oxygens (including phenoxy) is 1. The maximum absolute atomic E-state index is 14.4. The van der Waals surface area contributed by atoms with E-state index < -0.39 is 24.0 Å². The summed E-state index contributed by atoms with van der Waals surface area (Å²) < 4.78 is 45.9. The minimum absolute atomic E-state index is 0.000992. The average molecular weight is 533 g/mol. The number of pyridine rings is 1. The van der Waals surface area contributed by atoms with Crippen molar-refractivity contribution in [2.45, 2.75) is 44.4 Å². The number of benzene rings is 1. The van der Waals surface area contributed by atoms with Gasteiger partial charge in [-0.15, -0.1) is 0 Å². The first-order valence-corrected chi connectivity index (χ1v) is 12.5. The predicted molar refractivity (Wildman–Crippen MR) is 144 cm³/mol. The molecule has 3 aromatic heterocycles. The number of nitrogens with two attached hydrogens (primary N) is 1. The molecule has 1 fully saturated rings. The summed E-state index contributed by atoms with van der Waals surface area (Å²) in [5, 5.41) is 23.4. The van der Waals surface area contributed by atoms with Gasteiger partial charge in [0, 0.05) is 60.1 Å². The van der Waals surface area contributed by atoms with Crippen molar-refractivity contribution >= 4 is 22.3 Å². The first kappa shape index (κ1) is 21.4. The van der Waals surface area contributed by atoms with Crippen molar-refractivity contribution in [1.82, 2.24) is 25.0 Å².